The SMILES string of the molecule is COc1cccc(-c2cncc(C3CCCN(C4CCCCC4)C3)n2)c1. The number of nitrogens with zero attached hydrogens (tertiary/aromatic N) is 3. The summed E-state index contributed by atoms with van der Waals surface area (Å²) in [7, 11) is 1.70. The largest absolute Gasteiger partial charge is 0.497 e. The molecule has 0 bridgehead atoms. The summed E-state index contributed by atoms with van der Waals surface area (Å²) in [6.07, 6.45) is 13.3. The van der Waals surface area contributed by atoms with Crippen molar-refractivity contribution in [2.75, 3.05) is 20.2 Å². The number of hydrogen-bond acceptors (Lipinski definition) is 4. The molecule has 1 aliphatic carbocycles. The highest BCUT2D eigenvalue weighted by Gasteiger charge is 2.28. The van der Waals surface area contributed by atoms with Crippen LogP contribution >= 0.6 is 0 Å². The van der Waals surface area contributed by atoms with Crippen molar-refractivity contribution >= 4 is 0 Å². The predicted octanol–water partition coefficient (Wildman–Crippen LogP) is 4.66. The van der Waals surface area contributed by atoms with Crippen LogP contribution in [-0.2, 0) is 0 Å². The monoisotopic (exact) mass is 351 g/mol. The quantitative estimate of drug-likeness (QED) is 0.803. The number of likely N-dealkylation sites (tertiary alicyclic amines) is 1. The minimum Gasteiger partial charge on any atom is -0.497 e. The van der Waals surface area contributed by atoms with Gasteiger partial charge in [-0.2, -0.15) is 0 Å². The lowest BCUT2D eigenvalue weighted by Gasteiger charge is -2.39. The molecule has 1 aromatic carbocycles. The molecule has 1 atom stereocenters. The average Bonchev–Trinajstić information content (AvgIpc) is 2.74. The highest BCUT2D eigenvalue weighted by atomic mass is 16.5. The van der Waals surface area contributed by atoms with Gasteiger partial charge in [0, 0.05) is 30.3 Å². The van der Waals surface area contributed by atoms with Crippen molar-refractivity contribution in [1.82, 2.24) is 14.9 Å². The molecule has 1 aliphatic heterocycles. The van der Waals surface area contributed by atoms with Gasteiger partial charge in [0.15, 0.2) is 0 Å². The first-order chi connectivity index (χ1) is 12.8. The molecule has 2 heterocycles. The maximum atomic E-state index is 5.35. The van der Waals surface area contributed by atoms with Gasteiger partial charge in [-0.05, 0) is 44.4 Å². The number of hydrogen-bond donors (Lipinski definition) is 0. The van der Waals surface area contributed by atoms with Crippen molar-refractivity contribution in [3.63, 3.8) is 0 Å². The van der Waals surface area contributed by atoms with Gasteiger partial charge in [0.1, 0.15) is 5.75 Å². The molecule has 1 aromatic heterocycles. The third-order valence-electron chi connectivity index (χ3n) is 5.98. The van der Waals surface area contributed by atoms with E-state index >= 15 is 0 Å². The Bertz CT molecular complexity index is 727. The molecule has 0 amide bonds. The Balaban J connectivity index is 1.52. The molecule has 0 radical (unpaired) electrons. The molecule has 138 valence electrons. The van der Waals surface area contributed by atoms with Crippen molar-refractivity contribution in [2.45, 2.75) is 56.9 Å². The normalized spacial score (nSPS) is 22.3. The van der Waals surface area contributed by atoms with Gasteiger partial charge in [-0.25, -0.2) is 4.98 Å². The summed E-state index contributed by atoms with van der Waals surface area (Å²) in [5, 5.41) is 0. The minimum atomic E-state index is 0.503. The molecular weight excluding hydrogens is 322 g/mol. The second-order valence-corrected chi connectivity index (χ2v) is 7.69. The van der Waals surface area contributed by atoms with Crippen LogP contribution in [0.2, 0.25) is 0 Å². The zero-order chi connectivity index (χ0) is 17.8. The van der Waals surface area contributed by atoms with Crippen molar-refractivity contribution in [2.24, 2.45) is 0 Å². The fraction of sp³-hybridized carbons (Fsp3) is 0.545. The molecule has 2 aliphatic rings. The van der Waals surface area contributed by atoms with Gasteiger partial charge in [-0.15, -0.1) is 0 Å². The molecule has 1 unspecified atom stereocenters. The first kappa shape index (κ1) is 17.5. The Morgan fingerprint density at radius 3 is 2.77 bits per heavy atom. The molecule has 2 fully saturated rings. The molecule has 26 heavy (non-hydrogen) atoms. The number of benzene rings is 1. The van der Waals surface area contributed by atoms with Crippen LogP contribution in [-0.4, -0.2) is 41.1 Å². The smallest absolute Gasteiger partial charge is 0.119 e. The fourth-order valence-corrected chi connectivity index (χ4v) is 4.52. The molecule has 0 N–H and O–H groups in total. The number of methoxy groups -OCH3 is 1. The number of rotatable bonds is 4. The van der Waals surface area contributed by atoms with Crippen molar-refractivity contribution in [3.8, 4) is 17.0 Å². The van der Waals surface area contributed by atoms with E-state index in [9.17, 15) is 0 Å². The summed E-state index contributed by atoms with van der Waals surface area (Å²) in [6.45, 7) is 2.39. The third kappa shape index (κ3) is 3.90. The Morgan fingerprint density at radius 1 is 1.04 bits per heavy atom. The summed E-state index contributed by atoms with van der Waals surface area (Å²) >= 11 is 0. The van der Waals surface area contributed by atoms with Crippen LogP contribution in [0.4, 0.5) is 0 Å². The summed E-state index contributed by atoms with van der Waals surface area (Å²) in [4.78, 5) is 12.2. The molecule has 1 saturated heterocycles. The molecule has 4 heteroatoms. The zero-order valence-corrected chi connectivity index (χ0v) is 15.7. The highest BCUT2D eigenvalue weighted by Crippen LogP contribution is 2.32. The molecule has 4 rings (SSSR count). The first-order valence-corrected chi connectivity index (χ1v) is 10.0. The molecule has 2 aromatic rings. The van der Waals surface area contributed by atoms with Gasteiger partial charge in [0.25, 0.3) is 0 Å². The number of ether oxygens (including phenoxy) is 1. The fourth-order valence-electron chi connectivity index (χ4n) is 4.52. The lowest BCUT2D eigenvalue weighted by Crippen LogP contribution is -2.43. The second-order valence-electron chi connectivity index (χ2n) is 7.69. The minimum absolute atomic E-state index is 0.503. The van der Waals surface area contributed by atoms with E-state index in [0.29, 0.717) is 5.92 Å². The maximum absolute atomic E-state index is 5.35. The van der Waals surface area contributed by atoms with Gasteiger partial charge in [0.2, 0.25) is 0 Å². The van der Waals surface area contributed by atoms with Crippen LogP contribution in [0.3, 0.4) is 0 Å². The Labute approximate surface area is 156 Å². The lowest BCUT2D eigenvalue weighted by atomic mass is 9.89. The predicted molar refractivity (Wildman–Crippen MR) is 104 cm³/mol. The molecule has 4 nitrogen and oxygen atoms in total. The van der Waals surface area contributed by atoms with Gasteiger partial charge >= 0.3 is 0 Å². The van der Waals surface area contributed by atoms with Crippen LogP contribution < -0.4 is 4.74 Å². The Hall–Kier alpha value is -1.94. The van der Waals surface area contributed by atoms with E-state index in [2.05, 4.69) is 16.0 Å². The van der Waals surface area contributed by atoms with Crippen LogP contribution in [0.25, 0.3) is 11.3 Å². The zero-order valence-electron chi connectivity index (χ0n) is 15.7. The van der Waals surface area contributed by atoms with Crippen LogP contribution in [0.5, 0.6) is 5.75 Å². The molecule has 0 spiro atoms. The summed E-state index contributed by atoms with van der Waals surface area (Å²) in [6, 6.07) is 8.87. The Kier molecular flexibility index (Phi) is 5.49. The topological polar surface area (TPSA) is 38.2 Å². The maximum Gasteiger partial charge on any atom is 0.119 e. The van der Waals surface area contributed by atoms with Crippen LogP contribution in [0, 0.1) is 0 Å². The molecule has 1 saturated carbocycles. The van der Waals surface area contributed by atoms with Gasteiger partial charge in [0.05, 0.1) is 24.7 Å². The third-order valence-corrected chi connectivity index (χ3v) is 5.98. The van der Waals surface area contributed by atoms with Gasteiger partial charge in [-0.3, -0.25) is 9.88 Å². The van der Waals surface area contributed by atoms with E-state index < -0.39 is 0 Å². The summed E-state index contributed by atoms with van der Waals surface area (Å²) in [5.41, 5.74) is 3.15. The average molecular weight is 351 g/mol. The van der Waals surface area contributed by atoms with Crippen molar-refractivity contribution in [3.05, 3.63) is 42.4 Å². The first-order valence-electron chi connectivity index (χ1n) is 10.0. The van der Waals surface area contributed by atoms with Crippen molar-refractivity contribution < 1.29 is 4.74 Å². The van der Waals surface area contributed by atoms with Crippen LogP contribution in [0.15, 0.2) is 36.7 Å². The standard InChI is InChI=1S/C22H29N3O/c1-26-20-11-5-7-17(13-20)21-14-23-15-22(24-21)18-8-6-12-25(16-18)19-9-3-2-4-10-19/h5,7,11,13-15,18-19H,2-4,6,8-10,12,16H2,1H3. The lowest BCUT2D eigenvalue weighted by molar-refractivity contribution is 0.118. The highest BCUT2D eigenvalue weighted by molar-refractivity contribution is 5.60. The van der Waals surface area contributed by atoms with E-state index in [4.69, 9.17) is 9.72 Å². The van der Waals surface area contributed by atoms with Gasteiger partial charge < -0.3 is 4.74 Å². The number of piperidine rings is 1. The Morgan fingerprint density at radius 2 is 1.92 bits per heavy atom. The van der Waals surface area contributed by atoms with E-state index in [1.165, 1.54) is 51.5 Å². The van der Waals surface area contributed by atoms with Crippen molar-refractivity contribution in [1.29, 1.82) is 0 Å². The van der Waals surface area contributed by atoms with Gasteiger partial charge in [-0.1, -0.05) is 31.4 Å². The summed E-state index contributed by atoms with van der Waals surface area (Å²) in [5.74, 6) is 1.36. The van der Waals surface area contributed by atoms with E-state index in [1.54, 1.807) is 7.11 Å². The molecular formula is C22H29N3O. The summed E-state index contributed by atoms with van der Waals surface area (Å²) < 4.78 is 5.35. The number of aromatic nitrogens is 2. The second kappa shape index (κ2) is 8.17. The van der Waals surface area contributed by atoms with Crippen LogP contribution in [0.1, 0.15) is 56.6 Å². The van der Waals surface area contributed by atoms with E-state index in [-0.39, 0.29) is 0 Å². The van der Waals surface area contributed by atoms with E-state index in [1.807, 2.05) is 30.6 Å². The van der Waals surface area contributed by atoms with E-state index in [0.717, 1.165) is 35.3 Å².